The van der Waals surface area contributed by atoms with Crippen LogP contribution in [0.2, 0.25) is 0 Å². The van der Waals surface area contributed by atoms with Crippen molar-refractivity contribution in [1.82, 2.24) is 15.5 Å². The Bertz CT molecular complexity index is 1170. The molecule has 2 aliphatic rings. The predicted molar refractivity (Wildman–Crippen MR) is 125 cm³/mol. The molecule has 0 spiro atoms. The molecule has 9 heteroatoms. The van der Waals surface area contributed by atoms with Gasteiger partial charge in [0.2, 0.25) is 5.91 Å². The summed E-state index contributed by atoms with van der Waals surface area (Å²) in [4.78, 5) is 10.7. The number of fused-ring (bicyclic) bond motifs is 3. The molecule has 4 N–H and O–H groups in total. The quantitative estimate of drug-likeness (QED) is 0.242. The SMILES string of the molecule is CC(=O)NCCOCCOCCOc1ccc2cc3c(Nc4cccc(F)c4)[nH][nH]c-3c2c1. The molecule has 8 nitrogen and oxygen atoms in total. The lowest BCUT2D eigenvalue weighted by atomic mass is 10.2. The number of benzene rings is 2. The first-order valence-electron chi connectivity index (χ1n) is 10.8. The number of amides is 1. The first kappa shape index (κ1) is 22.6. The number of hydrogen-bond donors (Lipinski definition) is 4. The lowest BCUT2D eigenvalue weighted by Crippen LogP contribution is -2.25. The summed E-state index contributed by atoms with van der Waals surface area (Å²) in [5.74, 6) is 1.16. The molecular weight excluding hydrogens is 427 g/mol. The molecule has 0 unspecified atom stereocenters. The molecule has 0 fully saturated rings. The zero-order valence-electron chi connectivity index (χ0n) is 18.4. The van der Waals surface area contributed by atoms with Crippen LogP contribution in [0.3, 0.4) is 0 Å². The molecule has 1 aliphatic carbocycles. The van der Waals surface area contributed by atoms with Crippen molar-refractivity contribution in [2.24, 2.45) is 0 Å². The van der Waals surface area contributed by atoms with E-state index in [9.17, 15) is 9.18 Å². The van der Waals surface area contributed by atoms with Crippen LogP contribution in [0.15, 0.2) is 48.5 Å². The van der Waals surface area contributed by atoms with E-state index in [1.54, 1.807) is 6.07 Å². The number of ether oxygens (including phenoxy) is 3. The highest BCUT2D eigenvalue weighted by Crippen LogP contribution is 2.39. The summed E-state index contributed by atoms with van der Waals surface area (Å²) in [6.07, 6.45) is 0. The highest BCUT2D eigenvalue weighted by atomic mass is 19.1. The van der Waals surface area contributed by atoms with Gasteiger partial charge in [-0.15, -0.1) is 0 Å². The summed E-state index contributed by atoms with van der Waals surface area (Å²) >= 11 is 0. The van der Waals surface area contributed by atoms with Gasteiger partial charge in [0.1, 0.15) is 24.0 Å². The second-order valence-corrected chi connectivity index (χ2v) is 7.50. The molecule has 0 bridgehead atoms. The Kier molecular flexibility index (Phi) is 7.43. The van der Waals surface area contributed by atoms with Crippen LogP contribution >= 0.6 is 0 Å². The Morgan fingerprint density at radius 2 is 1.79 bits per heavy atom. The van der Waals surface area contributed by atoms with E-state index in [2.05, 4.69) is 26.9 Å². The molecule has 1 aliphatic heterocycles. The monoisotopic (exact) mass is 454 g/mol. The number of hydrogen-bond acceptors (Lipinski definition) is 5. The van der Waals surface area contributed by atoms with Crippen molar-refractivity contribution in [3.63, 3.8) is 0 Å². The molecule has 1 amide bonds. The Labute approximate surface area is 190 Å². The second kappa shape index (κ2) is 10.8. The van der Waals surface area contributed by atoms with Crippen molar-refractivity contribution in [3.05, 3.63) is 54.3 Å². The summed E-state index contributed by atoms with van der Waals surface area (Å²) in [5.41, 5.74) is 2.59. The zero-order chi connectivity index (χ0) is 23.0. The molecule has 4 rings (SSSR count). The van der Waals surface area contributed by atoms with Crippen molar-refractivity contribution < 1.29 is 23.4 Å². The number of nitrogens with one attached hydrogen (secondary N) is 4. The molecule has 2 aromatic rings. The maximum absolute atomic E-state index is 13.5. The Morgan fingerprint density at radius 1 is 0.970 bits per heavy atom. The van der Waals surface area contributed by atoms with E-state index in [4.69, 9.17) is 14.2 Å². The topological polar surface area (TPSA) is 100 Å². The van der Waals surface area contributed by atoms with Gasteiger partial charge in [0, 0.05) is 30.1 Å². The molecule has 2 aromatic carbocycles. The summed E-state index contributed by atoms with van der Waals surface area (Å²) in [6.45, 7) is 4.23. The van der Waals surface area contributed by atoms with E-state index in [1.165, 1.54) is 19.1 Å². The molecule has 0 saturated heterocycles. The number of anilines is 2. The summed E-state index contributed by atoms with van der Waals surface area (Å²) < 4.78 is 30.2. The van der Waals surface area contributed by atoms with Gasteiger partial charge in [-0.1, -0.05) is 12.1 Å². The number of carbonyl (C=O) groups excluding carboxylic acids is 1. The maximum Gasteiger partial charge on any atom is 0.216 e. The van der Waals surface area contributed by atoms with Crippen LogP contribution in [-0.2, 0) is 14.3 Å². The summed E-state index contributed by atoms with van der Waals surface area (Å²) in [5, 5.41) is 14.3. The molecule has 0 saturated carbocycles. The van der Waals surface area contributed by atoms with Gasteiger partial charge in [-0.3, -0.25) is 15.0 Å². The standard InChI is InChI=1S/C24H27FN4O4/c1-16(30)26-7-8-31-9-10-32-11-12-33-20-6-5-17-13-22-23(21(17)15-20)28-29-24(22)27-19-4-2-3-18(25)14-19/h2-6,13-15,27-29H,7-12H2,1H3,(H,26,30). The van der Waals surface area contributed by atoms with E-state index in [0.717, 1.165) is 33.6 Å². The molecule has 0 atom stereocenters. The first-order chi connectivity index (χ1) is 16.1. The third kappa shape index (κ3) is 6.03. The Morgan fingerprint density at radius 3 is 2.61 bits per heavy atom. The van der Waals surface area contributed by atoms with Gasteiger partial charge >= 0.3 is 0 Å². The third-order valence-electron chi connectivity index (χ3n) is 5.03. The molecule has 174 valence electrons. The van der Waals surface area contributed by atoms with Gasteiger partial charge < -0.3 is 24.8 Å². The summed E-state index contributed by atoms with van der Waals surface area (Å²) in [7, 11) is 0. The van der Waals surface area contributed by atoms with Crippen molar-refractivity contribution in [1.29, 1.82) is 0 Å². The van der Waals surface area contributed by atoms with E-state index in [-0.39, 0.29) is 11.7 Å². The van der Waals surface area contributed by atoms with Crippen LogP contribution in [-0.4, -0.2) is 55.7 Å². The van der Waals surface area contributed by atoms with Crippen molar-refractivity contribution in [3.8, 4) is 17.0 Å². The van der Waals surface area contributed by atoms with Gasteiger partial charge in [-0.05, 0) is 41.8 Å². The predicted octanol–water partition coefficient (Wildman–Crippen LogP) is 4.03. The van der Waals surface area contributed by atoms with Crippen molar-refractivity contribution >= 4 is 28.2 Å². The fourth-order valence-electron chi connectivity index (χ4n) is 3.51. The lowest BCUT2D eigenvalue weighted by Gasteiger charge is -2.08. The Balaban J connectivity index is 1.25. The van der Waals surface area contributed by atoms with Crippen LogP contribution in [0.5, 0.6) is 5.75 Å². The lowest BCUT2D eigenvalue weighted by molar-refractivity contribution is -0.119. The maximum atomic E-state index is 13.5. The van der Waals surface area contributed by atoms with Crippen LogP contribution in [0.1, 0.15) is 6.92 Å². The van der Waals surface area contributed by atoms with Crippen molar-refractivity contribution in [2.45, 2.75) is 6.92 Å². The number of aromatic amines is 2. The van der Waals surface area contributed by atoms with E-state index < -0.39 is 0 Å². The molecular formula is C24H27FN4O4. The van der Waals surface area contributed by atoms with E-state index in [0.29, 0.717) is 45.3 Å². The van der Waals surface area contributed by atoms with Crippen molar-refractivity contribution in [2.75, 3.05) is 44.9 Å². The number of carbonyl (C=O) groups is 1. The third-order valence-corrected chi connectivity index (χ3v) is 5.03. The van der Waals surface area contributed by atoms with Crippen LogP contribution in [0, 0.1) is 5.82 Å². The van der Waals surface area contributed by atoms with E-state index >= 15 is 0 Å². The Hall–Kier alpha value is -3.56. The minimum Gasteiger partial charge on any atom is -0.491 e. The molecule has 0 radical (unpaired) electrons. The molecule has 0 aromatic heterocycles. The second-order valence-electron chi connectivity index (χ2n) is 7.50. The van der Waals surface area contributed by atoms with Gasteiger partial charge in [0.15, 0.2) is 0 Å². The highest BCUT2D eigenvalue weighted by Gasteiger charge is 2.17. The number of H-pyrrole nitrogens is 2. The van der Waals surface area contributed by atoms with Gasteiger partial charge in [-0.25, -0.2) is 4.39 Å². The van der Waals surface area contributed by atoms with Crippen LogP contribution in [0.25, 0.3) is 22.0 Å². The number of aromatic nitrogens is 2. The van der Waals surface area contributed by atoms with Gasteiger partial charge in [0.25, 0.3) is 0 Å². The smallest absolute Gasteiger partial charge is 0.216 e. The average Bonchev–Trinajstić information content (AvgIpc) is 3.34. The zero-order valence-corrected chi connectivity index (χ0v) is 18.4. The fraction of sp³-hybridized carbons (Fsp3) is 0.292. The normalized spacial score (nSPS) is 11.2. The number of halogens is 1. The molecule has 33 heavy (non-hydrogen) atoms. The van der Waals surface area contributed by atoms with E-state index in [1.807, 2.05) is 24.3 Å². The largest absolute Gasteiger partial charge is 0.491 e. The first-order valence-corrected chi connectivity index (χ1v) is 10.8. The van der Waals surface area contributed by atoms with Gasteiger partial charge in [-0.2, -0.15) is 0 Å². The van der Waals surface area contributed by atoms with Crippen LogP contribution in [0.4, 0.5) is 15.9 Å². The average molecular weight is 455 g/mol. The van der Waals surface area contributed by atoms with Gasteiger partial charge in [0.05, 0.1) is 32.1 Å². The number of rotatable bonds is 12. The minimum absolute atomic E-state index is 0.0666. The minimum atomic E-state index is -0.292. The van der Waals surface area contributed by atoms with Crippen LogP contribution < -0.4 is 15.4 Å². The molecule has 1 heterocycles. The summed E-state index contributed by atoms with van der Waals surface area (Å²) in [6, 6.07) is 14.3. The fourth-order valence-corrected chi connectivity index (χ4v) is 3.51. The highest BCUT2D eigenvalue weighted by molar-refractivity contribution is 6.04.